The van der Waals surface area contributed by atoms with E-state index in [9.17, 15) is 28.3 Å². The molecule has 4 rings (SSSR count). The van der Waals surface area contributed by atoms with Crippen LogP contribution in [0.15, 0.2) is 36.4 Å². The molecule has 1 aromatic heterocycles. The Bertz CT molecular complexity index is 1380. The molecule has 0 saturated carbocycles. The Hall–Kier alpha value is -3.46. The van der Waals surface area contributed by atoms with Crippen LogP contribution in [0.4, 0.5) is 8.78 Å². The number of H-pyrrole nitrogens is 1. The second-order valence-electron chi connectivity index (χ2n) is 9.64. The molecule has 0 saturated heterocycles. The first-order chi connectivity index (χ1) is 17.5. The number of fused-ring (bicyclic) bond motifs is 3. The number of aromatic nitrogens is 1. The molecule has 37 heavy (non-hydrogen) atoms. The van der Waals surface area contributed by atoms with Gasteiger partial charge in [-0.15, -0.1) is 0 Å². The van der Waals surface area contributed by atoms with Crippen molar-refractivity contribution in [3.8, 4) is 0 Å². The van der Waals surface area contributed by atoms with Crippen molar-refractivity contribution in [1.82, 2.24) is 15.6 Å². The summed E-state index contributed by atoms with van der Waals surface area (Å²) in [4.78, 5) is 41.8. The molecule has 196 valence electrons. The van der Waals surface area contributed by atoms with Gasteiger partial charge in [0.05, 0.1) is 17.0 Å². The van der Waals surface area contributed by atoms with E-state index in [2.05, 4.69) is 15.6 Å². The smallest absolute Gasteiger partial charge is 0.329 e. The molecule has 0 radical (unpaired) electrons. The number of carbonyl (C=O) groups is 3. The zero-order valence-corrected chi connectivity index (χ0v) is 21.2. The second-order valence-corrected chi connectivity index (χ2v) is 10.1. The van der Waals surface area contributed by atoms with Gasteiger partial charge in [0.25, 0.3) is 0 Å². The first-order valence-electron chi connectivity index (χ1n) is 12.1. The van der Waals surface area contributed by atoms with E-state index in [1.54, 1.807) is 13.0 Å². The van der Waals surface area contributed by atoms with Crippen LogP contribution >= 0.6 is 11.6 Å². The average molecular weight is 532 g/mol. The molecule has 10 heteroatoms. The maximum atomic E-state index is 14.1. The van der Waals surface area contributed by atoms with Gasteiger partial charge in [-0.2, -0.15) is 0 Å². The van der Waals surface area contributed by atoms with Gasteiger partial charge in [0, 0.05) is 17.5 Å². The van der Waals surface area contributed by atoms with E-state index in [-0.39, 0.29) is 35.8 Å². The van der Waals surface area contributed by atoms with E-state index in [0.717, 1.165) is 5.69 Å². The number of hydrogen-bond donors (Lipinski definition) is 4. The van der Waals surface area contributed by atoms with Gasteiger partial charge in [0.2, 0.25) is 11.8 Å². The van der Waals surface area contributed by atoms with Gasteiger partial charge < -0.3 is 20.7 Å². The molecule has 1 aliphatic carbocycles. The van der Waals surface area contributed by atoms with Crippen LogP contribution in [0.2, 0.25) is 5.02 Å². The molecule has 1 heterocycles. The van der Waals surface area contributed by atoms with E-state index in [1.807, 2.05) is 6.92 Å². The number of carboxylic acids is 1. The van der Waals surface area contributed by atoms with Crippen molar-refractivity contribution in [2.24, 2.45) is 5.92 Å². The lowest BCUT2D eigenvalue weighted by Crippen LogP contribution is -2.62. The van der Waals surface area contributed by atoms with Crippen LogP contribution in [0.3, 0.4) is 0 Å². The molecule has 3 aromatic rings. The summed E-state index contributed by atoms with van der Waals surface area (Å²) in [6, 6.07) is 7.31. The maximum Gasteiger partial charge on any atom is 0.329 e. The van der Waals surface area contributed by atoms with Crippen molar-refractivity contribution in [2.75, 3.05) is 0 Å². The molecule has 0 fully saturated rings. The van der Waals surface area contributed by atoms with E-state index in [1.165, 1.54) is 30.3 Å². The van der Waals surface area contributed by atoms with Crippen molar-refractivity contribution in [3.63, 3.8) is 0 Å². The van der Waals surface area contributed by atoms with Gasteiger partial charge in [-0.05, 0) is 48.1 Å². The van der Waals surface area contributed by atoms with E-state index < -0.39 is 41.0 Å². The second kappa shape index (κ2) is 10.5. The van der Waals surface area contributed by atoms with Crippen LogP contribution in [0.1, 0.15) is 43.5 Å². The van der Waals surface area contributed by atoms with Gasteiger partial charge in [-0.3, -0.25) is 9.59 Å². The molecule has 1 aliphatic rings. The first kappa shape index (κ1) is 26.6. The highest BCUT2D eigenvalue weighted by atomic mass is 35.5. The summed E-state index contributed by atoms with van der Waals surface area (Å²) in [6.45, 7) is 3.61. The molecule has 0 aliphatic heterocycles. The summed E-state index contributed by atoms with van der Waals surface area (Å²) in [5.74, 6) is -3.84. The Labute approximate surface area is 217 Å². The number of aliphatic carboxylic acids is 1. The molecule has 0 spiro atoms. The zero-order valence-electron chi connectivity index (χ0n) is 20.5. The Morgan fingerprint density at radius 1 is 1.22 bits per heavy atom. The lowest BCUT2D eigenvalue weighted by atomic mass is 9.79. The number of amides is 2. The fourth-order valence-corrected chi connectivity index (χ4v) is 5.12. The number of aromatic amines is 1. The van der Waals surface area contributed by atoms with Crippen LogP contribution in [-0.2, 0) is 33.6 Å². The van der Waals surface area contributed by atoms with Crippen LogP contribution in [0, 0.1) is 17.6 Å². The highest BCUT2D eigenvalue weighted by molar-refractivity contribution is 6.35. The molecule has 2 unspecified atom stereocenters. The van der Waals surface area contributed by atoms with Crippen molar-refractivity contribution in [1.29, 1.82) is 0 Å². The lowest BCUT2D eigenvalue weighted by Gasteiger charge is -2.36. The van der Waals surface area contributed by atoms with Crippen LogP contribution < -0.4 is 10.6 Å². The lowest BCUT2D eigenvalue weighted by molar-refractivity contribution is -0.149. The highest BCUT2D eigenvalue weighted by Gasteiger charge is 2.45. The highest BCUT2D eigenvalue weighted by Crippen LogP contribution is 2.37. The molecule has 3 atom stereocenters. The fraction of sp³-hybridized carbons (Fsp3) is 0.370. The number of benzene rings is 2. The first-order valence-corrected chi connectivity index (χ1v) is 12.5. The number of nitrogens with one attached hydrogen (secondary N) is 3. The number of carbonyl (C=O) groups excluding carboxylic acids is 2. The fourth-order valence-electron chi connectivity index (χ4n) is 4.87. The largest absolute Gasteiger partial charge is 0.479 e. The summed E-state index contributed by atoms with van der Waals surface area (Å²) < 4.78 is 28.1. The minimum Gasteiger partial charge on any atom is -0.479 e. The predicted octanol–water partition coefficient (Wildman–Crippen LogP) is 4.30. The van der Waals surface area contributed by atoms with Crippen molar-refractivity contribution in [3.05, 3.63) is 69.9 Å². The molecular weight excluding hydrogens is 504 g/mol. The van der Waals surface area contributed by atoms with E-state index in [0.29, 0.717) is 29.3 Å². The van der Waals surface area contributed by atoms with Crippen molar-refractivity contribution in [2.45, 2.75) is 57.5 Å². The van der Waals surface area contributed by atoms with E-state index >= 15 is 0 Å². The van der Waals surface area contributed by atoms with Gasteiger partial charge in [-0.25, -0.2) is 13.6 Å². The van der Waals surface area contributed by atoms with Crippen molar-refractivity contribution < 1.29 is 28.3 Å². The summed E-state index contributed by atoms with van der Waals surface area (Å²) in [6.07, 6.45) is 0.566. The van der Waals surface area contributed by atoms with Crippen molar-refractivity contribution >= 4 is 40.3 Å². The zero-order chi connectivity index (χ0) is 26.9. The molecule has 0 bridgehead atoms. The normalized spacial score (nSPS) is 18.6. The molecule has 4 N–H and O–H groups in total. The third-order valence-electron chi connectivity index (χ3n) is 7.19. The number of hydrogen-bond acceptors (Lipinski definition) is 3. The Morgan fingerprint density at radius 2 is 1.95 bits per heavy atom. The van der Waals surface area contributed by atoms with Gasteiger partial charge in [-0.1, -0.05) is 50.1 Å². The summed E-state index contributed by atoms with van der Waals surface area (Å²) in [5.41, 5.74) is 0.355. The van der Waals surface area contributed by atoms with E-state index in [4.69, 9.17) is 11.6 Å². The predicted molar refractivity (Wildman–Crippen MR) is 135 cm³/mol. The third kappa shape index (κ3) is 5.32. The minimum atomic E-state index is -1.67. The third-order valence-corrected chi connectivity index (χ3v) is 7.49. The minimum absolute atomic E-state index is 0.0837. The van der Waals surface area contributed by atoms with Gasteiger partial charge in [0.15, 0.2) is 0 Å². The number of halogens is 3. The molecule has 7 nitrogen and oxygen atoms in total. The van der Waals surface area contributed by atoms with Crippen LogP contribution in [0.25, 0.3) is 10.9 Å². The monoisotopic (exact) mass is 531 g/mol. The van der Waals surface area contributed by atoms with Crippen LogP contribution in [-0.4, -0.2) is 39.5 Å². The number of aryl methyl sites for hydroxylation is 1. The number of carboxylic acid groups (broad SMARTS) is 1. The standard InChI is InChI=1S/C27H28ClF2N3O4/c1-3-14(2)23(32-22(34)10-15-6-4-5-7-20(15)30)25(35)33-27(26(36)37)9-8-21-18(13-27)17-11-16(29)12-19(28)24(17)31-21/h4-7,11-12,14,23,31H,3,8-10,13H2,1-2H3,(H,32,34)(H,33,35)(H,36,37)/t14?,23?,27-/m0/s1. The molecule has 2 amide bonds. The molecule has 2 aromatic carbocycles. The molecular formula is C27H28ClF2N3O4. The summed E-state index contributed by atoms with van der Waals surface area (Å²) in [7, 11) is 0. The Morgan fingerprint density at radius 3 is 2.62 bits per heavy atom. The SMILES string of the molecule is CCC(C)C(NC(=O)Cc1ccccc1F)C(=O)N[C@@]1(C(=O)O)CCc2[nH]c3c(Cl)cc(F)cc3c2C1. The van der Waals surface area contributed by atoms with Gasteiger partial charge in [0.1, 0.15) is 23.2 Å². The van der Waals surface area contributed by atoms with Crippen LogP contribution in [0.5, 0.6) is 0 Å². The summed E-state index contributed by atoms with van der Waals surface area (Å²) >= 11 is 6.19. The Kier molecular flexibility index (Phi) is 7.54. The average Bonchev–Trinajstić information content (AvgIpc) is 3.21. The number of rotatable bonds is 8. The maximum absolute atomic E-state index is 14.1. The topological polar surface area (TPSA) is 111 Å². The Balaban J connectivity index is 1.59. The van der Waals surface area contributed by atoms with Gasteiger partial charge >= 0.3 is 5.97 Å². The summed E-state index contributed by atoms with van der Waals surface area (Å²) in [5, 5.41) is 16.2. The quantitative estimate of drug-likeness (QED) is 0.347.